The molecule has 0 unspecified atom stereocenters. The van der Waals surface area contributed by atoms with Crippen LogP contribution < -0.4 is 5.56 Å². The maximum atomic E-state index is 11.8. The van der Waals surface area contributed by atoms with E-state index < -0.39 is 0 Å². The van der Waals surface area contributed by atoms with Crippen LogP contribution in [0.3, 0.4) is 0 Å². The van der Waals surface area contributed by atoms with Gasteiger partial charge in [0.25, 0.3) is 5.56 Å². The summed E-state index contributed by atoms with van der Waals surface area (Å²) in [7, 11) is 0. The number of hydrogen-bond donors (Lipinski definition) is 0. The summed E-state index contributed by atoms with van der Waals surface area (Å²) in [4.78, 5) is 16.0. The van der Waals surface area contributed by atoms with Gasteiger partial charge in [-0.15, -0.1) is 0 Å². The fourth-order valence-corrected chi connectivity index (χ4v) is 2.10. The first-order valence-electron chi connectivity index (χ1n) is 4.46. The zero-order chi connectivity index (χ0) is 9.26. The Labute approximate surface area is 84.9 Å². The van der Waals surface area contributed by atoms with Crippen molar-refractivity contribution >= 4 is 15.9 Å². The molecule has 1 aromatic rings. The first-order chi connectivity index (χ1) is 6.33. The number of aryl methyl sites for hydroxylation is 2. The van der Waals surface area contributed by atoms with Crippen LogP contribution >= 0.6 is 15.9 Å². The molecule has 0 saturated heterocycles. The number of fused-ring (bicyclic) bond motifs is 1. The summed E-state index contributed by atoms with van der Waals surface area (Å²) in [6, 6.07) is 0. The minimum Gasteiger partial charge on any atom is -0.298 e. The van der Waals surface area contributed by atoms with Gasteiger partial charge in [-0.3, -0.25) is 9.36 Å². The van der Waals surface area contributed by atoms with Crippen molar-refractivity contribution in [3.8, 4) is 0 Å². The lowest BCUT2D eigenvalue weighted by Crippen LogP contribution is -2.24. The number of alkyl halides is 1. The Morgan fingerprint density at radius 3 is 3.15 bits per heavy atom. The van der Waals surface area contributed by atoms with Crippen LogP contribution in [0, 0.1) is 0 Å². The summed E-state index contributed by atoms with van der Waals surface area (Å²) >= 11 is 3.31. The minimum absolute atomic E-state index is 0.155. The normalized spacial score (nSPS) is 14.5. The highest BCUT2D eigenvalue weighted by Gasteiger charge is 2.16. The fraction of sp³-hybridized carbons (Fsp3) is 0.556. The van der Waals surface area contributed by atoms with Crippen LogP contribution in [0.1, 0.15) is 17.7 Å². The molecule has 3 nitrogen and oxygen atoms in total. The second-order valence-corrected chi connectivity index (χ2v) is 4.00. The molecule has 0 N–H and O–H groups in total. The predicted octanol–water partition coefficient (Wildman–Crippen LogP) is 1.13. The largest absolute Gasteiger partial charge is 0.298 e. The van der Waals surface area contributed by atoms with Crippen LogP contribution in [0.5, 0.6) is 0 Å². The maximum absolute atomic E-state index is 11.8. The molecule has 1 aliphatic rings. The molecule has 13 heavy (non-hydrogen) atoms. The zero-order valence-electron chi connectivity index (χ0n) is 7.29. The van der Waals surface area contributed by atoms with Crippen molar-refractivity contribution in [1.82, 2.24) is 9.55 Å². The van der Waals surface area contributed by atoms with Crippen molar-refractivity contribution in [2.45, 2.75) is 25.8 Å². The Hall–Kier alpha value is -0.640. The zero-order valence-corrected chi connectivity index (χ0v) is 8.88. The van der Waals surface area contributed by atoms with E-state index in [0.29, 0.717) is 6.54 Å². The number of halogens is 1. The van der Waals surface area contributed by atoms with Gasteiger partial charge in [0.05, 0.1) is 12.0 Å². The van der Waals surface area contributed by atoms with Crippen molar-refractivity contribution in [1.29, 1.82) is 0 Å². The summed E-state index contributed by atoms with van der Waals surface area (Å²) in [5.41, 5.74) is 2.10. The Bertz CT molecular complexity index is 372. The fourth-order valence-electron chi connectivity index (χ4n) is 1.72. The Morgan fingerprint density at radius 1 is 1.54 bits per heavy atom. The number of hydrogen-bond acceptors (Lipinski definition) is 2. The van der Waals surface area contributed by atoms with E-state index in [1.54, 1.807) is 10.9 Å². The van der Waals surface area contributed by atoms with Crippen LogP contribution in [0.2, 0.25) is 0 Å². The average molecular weight is 243 g/mol. The molecule has 70 valence electrons. The smallest absolute Gasteiger partial charge is 0.256 e. The van der Waals surface area contributed by atoms with Gasteiger partial charge in [-0.1, -0.05) is 15.9 Å². The first kappa shape index (κ1) is 8.94. The molecule has 1 aliphatic carbocycles. The molecule has 4 heteroatoms. The highest BCUT2D eigenvalue weighted by atomic mass is 79.9. The molecule has 0 aliphatic heterocycles. The van der Waals surface area contributed by atoms with Crippen LogP contribution in [-0.4, -0.2) is 14.9 Å². The second-order valence-electron chi connectivity index (χ2n) is 3.21. The van der Waals surface area contributed by atoms with Crippen molar-refractivity contribution in [3.63, 3.8) is 0 Å². The number of nitrogens with zero attached hydrogens (tertiary/aromatic N) is 2. The Morgan fingerprint density at radius 2 is 2.38 bits per heavy atom. The van der Waals surface area contributed by atoms with Crippen LogP contribution in [-0.2, 0) is 19.4 Å². The van der Waals surface area contributed by atoms with Gasteiger partial charge in [0.15, 0.2) is 0 Å². The van der Waals surface area contributed by atoms with Gasteiger partial charge in [-0.25, -0.2) is 4.98 Å². The van der Waals surface area contributed by atoms with E-state index in [-0.39, 0.29) is 5.56 Å². The third kappa shape index (κ3) is 1.55. The van der Waals surface area contributed by atoms with Crippen LogP contribution in [0.25, 0.3) is 0 Å². The van der Waals surface area contributed by atoms with Gasteiger partial charge in [-0.05, 0) is 19.3 Å². The molecule has 0 spiro atoms. The minimum atomic E-state index is 0.155. The first-order valence-corrected chi connectivity index (χ1v) is 5.58. The second kappa shape index (κ2) is 3.62. The number of rotatable bonds is 2. The van der Waals surface area contributed by atoms with Gasteiger partial charge >= 0.3 is 0 Å². The summed E-state index contributed by atoms with van der Waals surface area (Å²) in [5, 5.41) is 0.799. The molecular weight excluding hydrogens is 232 g/mol. The summed E-state index contributed by atoms with van der Waals surface area (Å²) < 4.78 is 1.68. The lowest BCUT2D eigenvalue weighted by molar-refractivity contribution is 0.704. The summed E-state index contributed by atoms with van der Waals surface area (Å²) in [5.74, 6) is 0. The monoisotopic (exact) mass is 242 g/mol. The molecule has 0 saturated carbocycles. The maximum Gasteiger partial charge on any atom is 0.256 e. The van der Waals surface area contributed by atoms with Gasteiger partial charge in [0, 0.05) is 17.4 Å². The molecule has 0 radical (unpaired) electrons. The van der Waals surface area contributed by atoms with E-state index >= 15 is 0 Å². The average Bonchev–Trinajstić information content (AvgIpc) is 2.58. The molecular formula is C9H11BrN2O. The van der Waals surface area contributed by atoms with Crippen LogP contribution in [0.4, 0.5) is 0 Å². The van der Waals surface area contributed by atoms with E-state index in [1.807, 2.05) is 0 Å². The van der Waals surface area contributed by atoms with E-state index in [1.165, 1.54) is 0 Å². The summed E-state index contributed by atoms with van der Waals surface area (Å²) in [6.45, 7) is 0.707. The molecule has 0 atom stereocenters. The van der Waals surface area contributed by atoms with Gasteiger partial charge in [-0.2, -0.15) is 0 Å². The van der Waals surface area contributed by atoms with Gasteiger partial charge in [0.2, 0.25) is 0 Å². The summed E-state index contributed by atoms with van der Waals surface area (Å²) in [6.07, 6.45) is 4.62. The molecule has 0 aromatic carbocycles. The lowest BCUT2D eigenvalue weighted by Gasteiger charge is -2.04. The molecule has 0 amide bonds. The third-order valence-electron chi connectivity index (χ3n) is 2.39. The Kier molecular flexibility index (Phi) is 2.49. The van der Waals surface area contributed by atoms with Crippen molar-refractivity contribution in [2.75, 3.05) is 5.33 Å². The topological polar surface area (TPSA) is 34.9 Å². The van der Waals surface area contributed by atoms with E-state index in [4.69, 9.17) is 0 Å². The molecule has 1 heterocycles. The highest BCUT2D eigenvalue weighted by molar-refractivity contribution is 9.09. The Balaban J connectivity index is 2.47. The van der Waals surface area contributed by atoms with Crippen molar-refractivity contribution < 1.29 is 0 Å². The molecule has 1 aromatic heterocycles. The molecule has 0 bridgehead atoms. The number of aromatic nitrogens is 2. The van der Waals surface area contributed by atoms with Crippen molar-refractivity contribution in [2.24, 2.45) is 0 Å². The van der Waals surface area contributed by atoms with Gasteiger partial charge < -0.3 is 0 Å². The predicted molar refractivity (Wildman–Crippen MR) is 54.3 cm³/mol. The van der Waals surface area contributed by atoms with Gasteiger partial charge in [0.1, 0.15) is 0 Å². The van der Waals surface area contributed by atoms with E-state index in [2.05, 4.69) is 20.9 Å². The molecule has 2 rings (SSSR count). The van der Waals surface area contributed by atoms with Crippen molar-refractivity contribution in [3.05, 3.63) is 27.9 Å². The lowest BCUT2D eigenvalue weighted by atomic mass is 10.2. The van der Waals surface area contributed by atoms with E-state index in [0.717, 1.165) is 35.8 Å². The SMILES string of the molecule is O=c1c2c(ncn1CCBr)CCC2. The highest BCUT2D eigenvalue weighted by Crippen LogP contribution is 2.14. The molecule has 0 fully saturated rings. The standard InChI is InChI=1S/C9H11BrN2O/c10-4-5-12-6-11-8-3-1-2-7(8)9(12)13/h6H,1-5H2. The third-order valence-corrected chi connectivity index (χ3v) is 2.74. The van der Waals surface area contributed by atoms with Crippen LogP contribution in [0.15, 0.2) is 11.1 Å². The van der Waals surface area contributed by atoms with E-state index in [9.17, 15) is 4.79 Å². The quantitative estimate of drug-likeness (QED) is 0.730.